The van der Waals surface area contributed by atoms with E-state index in [1.807, 2.05) is 0 Å². The molecule has 0 fully saturated rings. The number of amides is 1. The third kappa shape index (κ3) is 3.13. The number of hydrogen-bond acceptors (Lipinski definition) is 6. The van der Waals surface area contributed by atoms with Gasteiger partial charge in [-0.15, -0.1) is 0 Å². The number of carbonyl (C=O) groups is 2. The van der Waals surface area contributed by atoms with Gasteiger partial charge in [-0.25, -0.2) is 0 Å². The van der Waals surface area contributed by atoms with Gasteiger partial charge in [0.1, 0.15) is 5.75 Å². The van der Waals surface area contributed by atoms with E-state index in [2.05, 4.69) is 0 Å². The summed E-state index contributed by atoms with van der Waals surface area (Å²) in [6, 6.07) is 6.28. The molecule has 1 aliphatic heterocycles. The number of hydrogen-bond donors (Lipinski definition) is 1. The van der Waals surface area contributed by atoms with Gasteiger partial charge < -0.3 is 24.2 Å². The van der Waals surface area contributed by atoms with E-state index in [9.17, 15) is 14.7 Å². The van der Waals surface area contributed by atoms with Crippen LogP contribution >= 0.6 is 0 Å². The maximum atomic E-state index is 12.5. The first-order valence-electron chi connectivity index (χ1n) is 7.39. The molecule has 0 bridgehead atoms. The van der Waals surface area contributed by atoms with Crippen LogP contribution in [0.1, 0.15) is 18.5 Å². The molecule has 24 heavy (non-hydrogen) atoms. The number of aliphatic hydroxyl groups is 1. The minimum absolute atomic E-state index is 0.0375. The van der Waals surface area contributed by atoms with Crippen LogP contribution in [0.2, 0.25) is 0 Å². The van der Waals surface area contributed by atoms with E-state index >= 15 is 0 Å². The van der Waals surface area contributed by atoms with Crippen molar-refractivity contribution in [2.45, 2.75) is 19.3 Å². The van der Waals surface area contributed by atoms with Gasteiger partial charge in [0, 0.05) is 19.8 Å². The van der Waals surface area contributed by atoms with E-state index < -0.39 is 24.0 Å². The van der Waals surface area contributed by atoms with Crippen molar-refractivity contribution in [3.63, 3.8) is 0 Å². The third-order valence-corrected chi connectivity index (χ3v) is 3.99. The monoisotopic (exact) mass is 335 g/mol. The molecular weight excluding hydrogens is 314 g/mol. The zero-order chi connectivity index (χ0) is 17.9. The minimum Gasteiger partial charge on any atom is -0.503 e. The van der Waals surface area contributed by atoms with Crippen molar-refractivity contribution in [1.29, 1.82) is 0 Å². The summed E-state index contributed by atoms with van der Waals surface area (Å²) in [4.78, 5) is 25.9. The molecule has 1 atom stereocenters. The lowest BCUT2D eigenvalue weighted by Crippen LogP contribution is -2.39. The highest BCUT2D eigenvalue weighted by Crippen LogP contribution is 2.41. The second-order valence-corrected chi connectivity index (χ2v) is 5.32. The fourth-order valence-electron chi connectivity index (χ4n) is 2.82. The number of para-hydroxylation sites is 1. The van der Waals surface area contributed by atoms with Crippen molar-refractivity contribution in [2.24, 2.45) is 0 Å². The summed E-state index contributed by atoms with van der Waals surface area (Å²) in [5.41, 5.74) is 0.643. The van der Waals surface area contributed by atoms with Gasteiger partial charge in [0.25, 0.3) is 5.91 Å². The molecule has 0 spiro atoms. The highest BCUT2D eigenvalue weighted by molar-refractivity contribution is 6.08. The number of methoxy groups -OCH3 is 3. The molecule has 7 heteroatoms. The molecule has 1 N–H and O–H groups in total. The number of Topliss-reactive ketones (excluding diaryl/α,β-unsaturated/α-hetero) is 1. The van der Waals surface area contributed by atoms with E-state index in [1.165, 1.54) is 33.2 Å². The summed E-state index contributed by atoms with van der Waals surface area (Å²) in [6.07, 6.45) is -0.690. The maximum absolute atomic E-state index is 12.5. The van der Waals surface area contributed by atoms with Crippen LogP contribution in [0.5, 0.6) is 5.75 Å². The molecule has 1 amide bonds. The van der Waals surface area contributed by atoms with Crippen molar-refractivity contribution in [3.8, 4) is 5.75 Å². The number of nitrogens with zero attached hydrogens (tertiary/aromatic N) is 1. The summed E-state index contributed by atoms with van der Waals surface area (Å²) in [7, 11) is 4.40. The van der Waals surface area contributed by atoms with E-state index in [4.69, 9.17) is 14.2 Å². The Morgan fingerprint density at radius 3 is 2.42 bits per heavy atom. The molecule has 2 rings (SSSR count). The topological polar surface area (TPSA) is 85.3 Å². The average Bonchev–Trinajstić information content (AvgIpc) is 2.83. The predicted molar refractivity (Wildman–Crippen MR) is 85.6 cm³/mol. The summed E-state index contributed by atoms with van der Waals surface area (Å²) < 4.78 is 15.6. The predicted octanol–water partition coefficient (Wildman–Crippen LogP) is 1.60. The summed E-state index contributed by atoms with van der Waals surface area (Å²) in [6.45, 7) is 1.37. The molecule has 1 aromatic carbocycles. The molecule has 0 saturated heterocycles. The van der Waals surface area contributed by atoms with Gasteiger partial charge >= 0.3 is 0 Å². The lowest BCUT2D eigenvalue weighted by molar-refractivity contribution is -0.144. The van der Waals surface area contributed by atoms with Gasteiger partial charge in [-0.2, -0.15) is 0 Å². The lowest BCUT2D eigenvalue weighted by atomic mass is 9.96. The number of rotatable bonds is 7. The van der Waals surface area contributed by atoms with Crippen molar-refractivity contribution in [2.75, 3.05) is 27.9 Å². The Kier molecular flexibility index (Phi) is 5.58. The van der Waals surface area contributed by atoms with Crippen LogP contribution in [0.25, 0.3) is 0 Å². The van der Waals surface area contributed by atoms with Gasteiger partial charge in [-0.3, -0.25) is 9.59 Å². The summed E-state index contributed by atoms with van der Waals surface area (Å²) >= 11 is 0. The number of ketones is 1. The smallest absolute Gasteiger partial charge is 0.290 e. The fraction of sp³-hybridized carbons (Fsp3) is 0.412. The second kappa shape index (κ2) is 7.46. The van der Waals surface area contributed by atoms with E-state index in [1.54, 1.807) is 24.3 Å². The van der Waals surface area contributed by atoms with Crippen LogP contribution in [0.4, 0.5) is 0 Å². The molecule has 7 nitrogen and oxygen atoms in total. The highest BCUT2D eigenvalue weighted by Gasteiger charge is 2.44. The Morgan fingerprint density at radius 1 is 1.25 bits per heavy atom. The van der Waals surface area contributed by atoms with Crippen LogP contribution in [0.3, 0.4) is 0 Å². The van der Waals surface area contributed by atoms with Crippen LogP contribution in [0.15, 0.2) is 35.6 Å². The number of aliphatic hydroxyl groups excluding tert-OH is 1. The number of carbonyl (C=O) groups excluding carboxylic acids is 2. The van der Waals surface area contributed by atoms with Gasteiger partial charge in [0.05, 0.1) is 25.3 Å². The fourth-order valence-corrected chi connectivity index (χ4v) is 2.82. The minimum atomic E-state index is -0.765. The first kappa shape index (κ1) is 18.0. The largest absolute Gasteiger partial charge is 0.503 e. The van der Waals surface area contributed by atoms with Crippen LogP contribution in [-0.4, -0.2) is 55.9 Å². The molecule has 0 radical (unpaired) electrons. The molecule has 130 valence electrons. The van der Waals surface area contributed by atoms with Crippen LogP contribution < -0.4 is 4.74 Å². The summed E-state index contributed by atoms with van der Waals surface area (Å²) in [5.74, 6) is -1.06. The number of benzene rings is 1. The Balaban J connectivity index is 2.54. The van der Waals surface area contributed by atoms with E-state index in [-0.39, 0.29) is 17.9 Å². The molecule has 0 unspecified atom stereocenters. The van der Waals surface area contributed by atoms with Gasteiger partial charge in [0.2, 0.25) is 0 Å². The van der Waals surface area contributed by atoms with Crippen LogP contribution in [0, 0.1) is 0 Å². The molecule has 0 aromatic heterocycles. The van der Waals surface area contributed by atoms with Crippen molar-refractivity contribution in [1.82, 2.24) is 4.90 Å². The molecule has 1 aliphatic rings. The van der Waals surface area contributed by atoms with Gasteiger partial charge in [-0.05, 0) is 13.0 Å². The quantitative estimate of drug-likeness (QED) is 0.762. The van der Waals surface area contributed by atoms with Crippen molar-refractivity contribution in [3.05, 3.63) is 41.2 Å². The third-order valence-electron chi connectivity index (χ3n) is 3.99. The second-order valence-electron chi connectivity index (χ2n) is 5.32. The first-order chi connectivity index (χ1) is 11.5. The normalized spacial score (nSPS) is 17.8. The zero-order valence-electron chi connectivity index (χ0n) is 14.1. The van der Waals surface area contributed by atoms with Gasteiger partial charge in [0.15, 0.2) is 17.8 Å². The van der Waals surface area contributed by atoms with Crippen LogP contribution in [-0.2, 0) is 19.1 Å². The first-order valence-corrected chi connectivity index (χ1v) is 7.39. The van der Waals surface area contributed by atoms with E-state index in [0.29, 0.717) is 11.3 Å². The molecule has 0 saturated carbocycles. The Bertz CT molecular complexity index is 665. The molecule has 1 heterocycles. The number of ether oxygens (including phenoxy) is 3. The average molecular weight is 335 g/mol. The lowest BCUT2D eigenvalue weighted by Gasteiger charge is -2.29. The SMILES string of the molecule is COc1ccccc1[C@@H]1C(C(C)=O)=C(O)C(=O)N1CC(OC)OC. The Morgan fingerprint density at radius 2 is 1.88 bits per heavy atom. The van der Waals surface area contributed by atoms with Gasteiger partial charge in [-0.1, -0.05) is 18.2 Å². The highest BCUT2D eigenvalue weighted by atomic mass is 16.7. The standard InChI is InChI=1S/C17H21NO6/c1-10(19)14-15(11-7-5-6-8-12(11)22-2)18(17(21)16(14)20)9-13(23-3)24-4/h5-8,13,15,20H,9H2,1-4H3/t15-/m1/s1. The molecule has 0 aliphatic carbocycles. The molecular formula is C17H21NO6. The zero-order valence-corrected chi connectivity index (χ0v) is 14.1. The van der Waals surface area contributed by atoms with E-state index in [0.717, 1.165) is 0 Å². The summed E-state index contributed by atoms with van der Waals surface area (Å²) in [5, 5.41) is 10.2. The Labute approximate surface area is 140 Å². The molecule has 1 aromatic rings. The Hall–Kier alpha value is -2.38. The maximum Gasteiger partial charge on any atom is 0.290 e. The van der Waals surface area contributed by atoms with Crippen molar-refractivity contribution < 1.29 is 28.9 Å². The van der Waals surface area contributed by atoms with Crippen molar-refractivity contribution >= 4 is 11.7 Å².